The predicted octanol–water partition coefficient (Wildman–Crippen LogP) is 4.30. The molecule has 0 aliphatic carbocycles. The second-order valence-corrected chi connectivity index (χ2v) is 6.85. The fraction of sp³-hybridized carbons (Fsp3) is 0.350. The summed E-state index contributed by atoms with van der Waals surface area (Å²) >= 11 is 5.23. The van der Waals surface area contributed by atoms with Crippen LogP contribution < -0.4 is 10.6 Å². The molecule has 0 aromatic heterocycles. The quantitative estimate of drug-likeness (QED) is 0.780. The largest absolute Gasteiger partial charge is 0.358 e. The van der Waals surface area contributed by atoms with Crippen LogP contribution in [-0.2, 0) is 13.1 Å². The number of rotatable bonds is 5. The van der Waals surface area contributed by atoms with Gasteiger partial charge in [0.15, 0.2) is 5.11 Å². The van der Waals surface area contributed by atoms with E-state index in [1.54, 1.807) is 18.2 Å². The second kappa shape index (κ2) is 8.92. The van der Waals surface area contributed by atoms with E-state index in [4.69, 9.17) is 12.2 Å². The van der Waals surface area contributed by atoms with Crippen molar-refractivity contribution in [1.29, 1.82) is 0 Å². The summed E-state index contributed by atoms with van der Waals surface area (Å²) in [6.45, 7) is 4.06. The van der Waals surface area contributed by atoms with E-state index < -0.39 is 0 Å². The number of thiocarbonyl (C=S) groups is 1. The standard InChI is InChI=1S/C20H24FN3S/c21-18-6-2-3-7-19(18)23-20(25)22-14-16-8-10-17(11-9-16)15-24-12-4-1-5-13-24/h2-3,6-11H,1,4-5,12-15H2,(H2,22,23,25). The summed E-state index contributed by atoms with van der Waals surface area (Å²) in [5.74, 6) is -0.311. The highest BCUT2D eigenvalue weighted by atomic mass is 32.1. The number of likely N-dealkylation sites (tertiary alicyclic amines) is 1. The van der Waals surface area contributed by atoms with E-state index in [0.717, 1.165) is 12.1 Å². The number of piperidine rings is 1. The summed E-state index contributed by atoms with van der Waals surface area (Å²) in [6, 6.07) is 15.1. The number of nitrogens with zero attached hydrogens (tertiary/aromatic N) is 1. The second-order valence-electron chi connectivity index (χ2n) is 6.44. The fourth-order valence-corrected chi connectivity index (χ4v) is 3.23. The minimum atomic E-state index is -0.311. The minimum absolute atomic E-state index is 0.311. The highest BCUT2D eigenvalue weighted by molar-refractivity contribution is 7.80. The summed E-state index contributed by atoms with van der Waals surface area (Å²) < 4.78 is 13.6. The Morgan fingerprint density at radius 3 is 2.36 bits per heavy atom. The highest BCUT2D eigenvalue weighted by Gasteiger charge is 2.10. The number of benzene rings is 2. The van der Waals surface area contributed by atoms with Gasteiger partial charge in [0.2, 0.25) is 0 Å². The van der Waals surface area contributed by atoms with Gasteiger partial charge in [-0.3, -0.25) is 4.90 Å². The first-order chi connectivity index (χ1) is 12.2. The average molecular weight is 357 g/mol. The molecule has 3 rings (SSSR count). The Balaban J connectivity index is 1.46. The van der Waals surface area contributed by atoms with E-state index in [1.165, 1.54) is 44.0 Å². The minimum Gasteiger partial charge on any atom is -0.358 e. The molecule has 0 spiro atoms. The van der Waals surface area contributed by atoms with Crippen molar-refractivity contribution in [2.45, 2.75) is 32.4 Å². The van der Waals surface area contributed by atoms with Gasteiger partial charge in [0.25, 0.3) is 0 Å². The zero-order valence-corrected chi connectivity index (χ0v) is 15.1. The molecule has 2 aromatic rings. The van der Waals surface area contributed by atoms with E-state index in [9.17, 15) is 4.39 Å². The lowest BCUT2D eigenvalue weighted by atomic mass is 10.1. The fourth-order valence-electron chi connectivity index (χ4n) is 3.05. The Hall–Kier alpha value is -1.98. The molecule has 5 heteroatoms. The van der Waals surface area contributed by atoms with Crippen LogP contribution in [0, 0.1) is 5.82 Å². The van der Waals surface area contributed by atoms with E-state index in [-0.39, 0.29) is 5.82 Å². The molecule has 1 fully saturated rings. The van der Waals surface area contributed by atoms with Crippen LogP contribution in [0.25, 0.3) is 0 Å². The zero-order chi connectivity index (χ0) is 17.5. The van der Waals surface area contributed by atoms with Gasteiger partial charge in [0.05, 0.1) is 5.69 Å². The molecule has 0 atom stereocenters. The molecule has 1 saturated heterocycles. The molecule has 2 N–H and O–H groups in total. The van der Waals surface area contributed by atoms with Crippen LogP contribution in [0.4, 0.5) is 10.1 Å². The van der Waals surface area contributed by atoms with Gasteiger partial charge in [-0.15, -0.1) is 0 Å². The lowest BCUT2D eigenvalue weighted by Gasteiger charge is -2.26. The van der Waals surface area contributed by atoms with Gasteiger partial charge in [-0.25, -0.2) is 4.39 Å². The summed E-state index contributed by atoms with van der Waals surface area (Å²) in [5.41, 5.74) is 2.88. The first-order valence-electron chi connectivity index (χ1n) is 8.80. The maximum Gasteiger partial charge on any atom is 0.171 e. The number of anilines is 1. The van der Waals surface area contributed by atoms with Crippen molar-refractivity contribution in [3.8, 4) is 0 Å². The van der Waals surface area contributed by atoms with Gasteiger partial charge in [0, 0.05) is 13.1 Å². The molecule has 0 bridgehead atoms. The molecule has 1 heterocycles. The molecule has 0 radical (unpaired) electrons. The van der Waals surface area contributed by atoms with Crippen LogP contribution in [0.2, 0.25) is 0 Å². The first kappa shape index (κ1) is 17.8. The average Bonchev–Trinajstić information content (AvgIpc) is 2.64. The van der Waals surface area contributed by atoms with Crippen LogP contribution in [0.3, 0.4) is 0 Å². The number of nitrogens with one attached hydrogen (secondary N) is 2. The third kappa shape index (κ3) is 5.51. The highest BCUT2D eigenvalue weighted by Crippen LogP contribution is 2.14. The molecule has 0 saturated carbocycles. The van der Waals surface area contributed by atoms with Gasteiger partial charge in [0.1, 0.15) is 5.82 Å². The molecule has 1 aliphatic heterocycles. The smallest absolute Gasteiger partial charge is 0.171 e. The molecule has 3 nitrogen and oxygen atoms in total. The molecular weight excluding hydrogens is 333 g/mol. The van der Waals surface area contributed by atoms with Crippen molar-refractivity contribution >= 4 is 23.0 Å². The maximum absolute atomic E-state index is 13.6. The first-order valence-corrected chi connectivity index (χ1v) is 9.21. The van der Waals surface area contributed by atoms with Gasteiger partial charge < -0.3 is 10.6 Å². The number of hydrogen-bond donors (Lipinski definition) is 2. The Bertz CT molecular complexity index is 696. The van der Waals surface area contributed by atoms with E-state index in [2.05, 4.69) is 39.8 Å². The Labute approximate surface area is 154 Å². The normalized spacial score (nSPS) is 14.9. The van der Waals surface area contributed by atoms with Crippen molar-refractivity contribution in [2.75, 3.05) is 18.4 Å². The third-order valence-corrected chi connectivity index (χ3v) is 4.70. The molecule has 25 heavy (non-hydrogen) atoms. The third-order valence-electron chi connectivity index (χ3n) is 4.45. The molecule has 0 unspecified atom stereocenters. The van der Waals surface area contributed by atoms with Crippen LogP contribution in [0.15, 0.2) is 48.5 Å². The molecule has 1 aliphatic rings. The number of hydrogen-bond acceptors (Lipinski definition) is 2. The van der Waals surface area contributed by atoms with Crippen molar-refractivity contribution in [3.05, 3.63) is 65.5 Å². The molecule has 2 aromatic carbocycles. The summed E-state index contributed by atoms with van der Waals surface area (Å²) in [7, 11) is 0. The van der Waals surface area contributed by atoms with Crippen molar-refractivity contribution in [2.24, 2.45) is 0 Å². The summed E-state index contributed by atoms with van der Waals surface area (Å²) in [4.78, 5) is 2.52. The van der Waals surface area contributed by atoms with Crippen LogP contribution in [0.1, 0.15) is 30.4 Å². The summed E-state index contributed by atoms with van der Waals surface area (Å²) in [5, 5.41) is 6.42. The number of halogens is 1. The van der Waals surface area contributed by atoms with Crippen LogP contribution in [-0.4, -0.2) is 23.1 Å². The molecule has 0 amide bonds. The van der Waals surface area contributed by atoms with Crippen LogP contribution in [0.5, 0.6) is 0 Å². The lowest BCUT2D eigenvalue weighted by molar-refractivity contribution is 0.221. The van der Waals surface area contributed by atoms with E-state index in [0.29, 0.717) is 17.3 Å². The van der Waals surface area contributed by atoms with E-state index >= 15 is 0 Å². The monoisotopic (exact) mass is 357 g/mol. The van der Waals surface area contributed by atoms with Gasteiger partial charge >= 0.3 is 0 Å². The van der Waals surface area contributed by atoms with Crippen molar-refractivity contribution in [3.63, 3.8) is 0 Å². The number of para-hydroxylation sites is 1. The Morgan fingerprint density at radius 2 is 1.64 bits per heavy atom. The lowest BCUT2D eigenvalue weighted by Crippen LogP contribution is -2.29. The van der Waals surface area contributed by atoms with Crippen LogP contribution >= 0.6 is 12.2 Å². The van der Waals surface area contributed by atoms with Crippen molar-refractivity contribution < 1.29 is 4.39 Å². The molecule has 132 valence electrons. The Kier molecular flexibility index (Phi) is 6.36. The predicted molar refractivity (Wildman–Crippen MR) is 105 cm³/mol. The zero-order valence-electron chi connectivity index (χ0n) is 14.3. The summed E-state index contributed by atoms with van der Waals surface area (Å²) in [6.07, 6.45) is 3.99. The maximum atomic E-state index is 13.6. The Morgan fingerprint density at radius 1 is 0.960 bits per heavy atom. The van der Waals surface area contributed by atoms with Gasteiger partial charge in [-0.2, -0.15) is 0 Å². The van der Waals surface area contributed by atoms with Gasteiger partial charge in [-0.1, -0.05) is 42.8 Å². The van der Waals surface area contributed by atoms with Crippen molar-refractivity contribution in [1.82, 2.24) is 10.2 Å². The SMILES string of the molecule is Fc1ccccc1NC(=S)NCc1ccc(CN2CCCCC2)cc1. The van der Waals surface area contributed by atoms with Gasteiger partial charge in [-0.05, 0) is 61.4 Å². The van der Waals surface area contributed by atoms with E-state index in [1.807, 2.05) is 0 Å². The topological polar surface area (TPSA) is 27.3 Å². The molecular formula is C20H24FN3S.